The van der Waals surface area contributed by atoms with Crippen LogP contribution in [-0.2, 0) is 4.79 Å². The largest absolute Gasteiger partial charge is 0.361 e. The molecule has 0 aliphatic carbocycles. The molecule has 3 rings (SSSR count). The third-order valence-corrected chi connectivity index (χ3v) is 5.02. The first kappa shape index (κ1) is 15.4. The average molecular weight is 319 g/mol. The molecule has 2 heterocycles. The number of carbonyl (C=O) groups is 1. The van der Waals surface area contributed by atoms with Crippen LogP contribution < -0.4 is 4.90 Å². The molecule has 0 radical (unpaired) electrons. The first-order valence-corrected chi connectivity index (χ1v) is 8.67. The molecule has 0 unspecified atom stereocenters. The predicted molar refractivity (Wildman–Crippen MR) is 93.0 cm³/mol. The zero-order valence-corrected chi connectivity index (χ0v) is 14.0. The maximum Gasteiger partial charge on any atom is 0.227 e. The van der Waals surface area contributed by atoms with Gasteiger partial charge in [0.15, 0.2) is 0 Å². The summed E-state index contributed by atoms with van der Waals surface area (Å²) >= 11 is 6.20. The average Bonchev–Trinajstić information content (AvgIpc) is 3.08. The Labute approximate surface area is 136 Å². The van der Waals surface area contributed by atoms with Crippen molar-refractivity contribution in [1.82, 2.24) is 4.98 Å². The van der Waals surface area contributed by atoms with Crippen LogP contribution in [0.4, 0.5) is 5.69 Å². The van der Waals surface area contributed by atoms with Gasteiger partial charge in [-0.05, 0) is 36.6 Å². The van der Waals surface area contributed by atoms with Crippen LogP contribution in [0.1, 0.15) is 49.7 Å². The van der Waals surface area contributed by atoms with Gasteiger partial charge in [-0.2, -0.15) is 0 Å². The number of amides is 1. The molecule has 3 nitrogen and oxygen atoms in total. The number of hydrogen-bond acceptors (Lipinski definition) is 1. The molecule has 4 heteroatoms. The van der Waals surface area contributed by atoms with Gasteiger partial charge in [-0.25, -0.2) is 0 Å². The lowest BCUT2D eigenvalue weighted by Gasteiger charge is -2.17. The van der Waals surface area contributed by atoms with Crippen LogP contribution >= 0.6 is 11.6 Å². The summed E-state index contributed by atoms with van der Waals surface area (Å²) < 4.78 is 0. The molecule has 1 aromatic heterocycles. The molecule has 0 spiro atoms. The summed E-state index contributed by atoms with van der Waals surface area (Å²) in [6, 6.07) is 4.14. The number of carbonyl (C=O) groups excluding carboxylic acids is 1. The highest BCUT2D eigenvalue weighted by Crippen LogP contribution is 2.43. The minimum Gasteiger partial charge on any atom is -0.361 e. The fourth-order valence-corrected chi connectivity index (χ4v) is 3.75. The second kappa shape index (κ2) is 6.33. The van der Waals surface area contributed by atoms with E-state index in [0.29, 0.717) is 18.8 Å². The monoisotopic (exact) mass is 318 g/mol. The Hall–Kier alpha value is -1.48. The van der Waals surface area contributed by atoms with E-state index in [1.54, 1.807) is 0 Å². The summed E-state index contributed by atoms with van der Waals surface area (Å²) in [6.45, 7) is 4.98. The number of alkyl halides is 1. The summed E-state index contributed by atoms with van der Waals surface area (Å²) in [5.41, 5.74) is 4.66. The fraction of sp³-hybridized carbons (Fsp3) is 0.500. The molecular formula is C18H23ClN2O. The van der Waals surface area contributed by atoms with E-state index >= 15 is 0 Å². The van der Waals surface area contributed by atoms with Crippen molar-refractivity contribution in [3.05, 3.63) is 29.5 Å². The number of unbranched alkanes of at least 4 members (excludes halogenated alkanes) is 2. The Bertz CT molecular complexity index is 692. The second-order valence-corrected chi connectivity index (χ2v) is 6.51. The van der Waals surface area contributed by atoms with Crippen LogP contribution in [0.25, 0.3) is 10.9 Å². The zero-order valence-electron chi connectivity index (χ0n) is 13.3. The highest BCUT2D eigenvalue weighted by atomic mass is 35.5. The first-order chi connectivity index (χ1) is 10.7. The Morgan fingerprint density at radius 1 is 1.41 bits per heavy atom. The minimum absolute atomic E-state index is 0.227. The number of H-pyrrole nitrogens is 1. The van der Waals surface area contributed by atoms with E-state index in [1.807, 2.05) is 11.1 Å². The van der Waals surface area contributed by atoms with Gasteiger partial charge in [0.25, 0.3) is 0 Å². The van der Waals surface area contributed by atoms with Gasteiger partial charge >= 0.3 is 0 Å². The van der Waals surface area contributed by atoms with Crippen LogP contribution in [0.2, 0.25) is 0 Å². The molecule has 1 aromatic carbocycles. The summed E-state index contributed by atoms with van der Waals surface area (Å²) in [4.78, 5) is 17.8. The minimum atomic E-state index is 0.227. The van der Waals surface area contributed by atoms with Crippen LogP contribution in [0.3, 0.4) is 0 Å². The molecule has 0 saturated carbocycles. The molecule has 0 fully saturated rings. The Balaban J connectivity index is 1.97. The van der Waals surface area contributed by atoms with Crippen LogP contribution in [0.15, 0.2) is 18.3 Å². The predicted octanol–water partition coefficient (Wildman–Crippen LogP) is 4.73. The number of fused-ring (bicyclic) bond motifs is 3. The number of nitrogens with zero attached hydrogens (tertiary/aromatic N) is 1. The number of benzene rings is 1. The van der Waals surface area contributed by atoms with Gasteiger partial charge in [-0.1, -0.05) is 19.8 Å². The van der Waals surface area contributed by atoms with Crippen molar-refractivity contribution in [2.45, 2.75) is 45.4 Å². The number of nitrogens with one attached hydrogen (secondary N) is 1. The Morgan fingerprint density at radius 2 is 2.23 bits per heavy atom. The molecular weight excluding hydrogens is 296 g/mol. The van der Waals surface area contributed by atoms with E-state index in [9.17, 15) is 4.79 Å². The van der Waals surface area contributed by atoms with Gasteiger partial charge in [0.05, 0.1) is 0 Å². The van der Waals surface area contributed by atoms with Crippen LogP contribution in [0.5, 0.6) is 0 Å². The van der Waals surface area contributed by atoms with Gasteiger partial charge in [-0.3, -0.25) is 4.79 Å². The van der Waals surface area contributed by atoms with E-state index in [2.05, 4.69) is 31.0 Å². The molecule has 2 aromatic rings. The smallest absolute Gasteiger partial charge is 0.227 e. The molecule has 1 aliphatic heterocycles. The van der Waals surface area contributed by atoms with Crippen LogP contribution in [-0.4, -0.2) is 23.3 Å². The van der Waals surface area contributed by atoms with Crippen molar-refractivity contribution in [2.75, 3.05) is 17.3 Å². The Morgan fingerprint density at radius 3 is 2.95 bits per heavy atom. The van der Waals surface area contributed by atoms with Gasteiger partial charge in [-0.15, -0.1) is 11.6 Å². The summed E-state index contributed by atoms with van der Waals surface area (Å²) in [5, 5.41) is 1.24. The lowest BCUT2D eigenvalue weighted by atomic mass is 9.97. The molecule has 118 valence electrons. The van der Waals surface area contributed by atoms with E-state index in [-0.39, 0.29) is 11.8 Å². The lowest BCUT2D eigenvalue weighted by molar-refractivity contribution is -0.118. The maximum absolute atomic E-state index is 12.6. The topological polar surface area (TPSA) is 36.1 Å². The number of halogens is 1. The molecule has 1 atom stereocenters. The van der Waals surface area contributed by atoms with E-state index in [0.717, 1.165) is 30.5 Å². The van der Waals surface area contributed by atoms with Crippen molar-refractivity contribution < 1.29 is 4.79 Å². The summed E-state index contributed by atoms with van der Waals surface area (Å²) in [7, 11) is 0. The number of rotatable bonds is 5. The van der Waals surface area contributed by atoms with Crippen molar-refractivity contribution in [2.24, 2.45) is 0 Å². The number of hydrogen-bond donors (Lipinski definition) is 1. The van der Waals surface area contributed by atoms with E-state index in [4.69, 9.17) is 11.6 Å². The molecule has 0 bridgehead atoms. The number of aryl methyl sites for hydroxylation is 1. The van der Waals surface area contributed by atoms with Crippen molar-refractivity contribution in [3.63, 3.8) is 0 Å². The normalized spacial score (nSPS) is 17.2. The highest BCUT2D eigenvalue weighted by molar-refractivity contribution is 6.19. The van der Waals surface area contributed by atoms with Gasteiger partial charge in [0, 0.05) is 47.6 Å². The third-order valence-electron chi connectivity index (χ3n) is 4.64. The van der Waals surface area contributed by atoms with Gasteiger partial charge in [0.2, 0.25) is 5.91 Å². The molecule has 22 heavy (non-hydrogen) atoms. The highest BCUT2D eigenvalue weighted by Gasteiger charge is 2.33. The number of aromatic nitrogens is 1. The second-order valence-electron chi connectivity index (χ2n) is 6.21. The molecule has 1 N–H and O–H groups in total. The van der Waals surface area contributed by atoms with E-state index < -0.39 is 0 Å². The number of anilines is 1. The van der Waals surface area contributed by atoms with Crippen molar-refractivity contribution >= 4 is 34.1 Å². The fourth-order valence-electron chi connectivity index (χ4n) is 3.49. The molecule has 1 amide bonds. The standard InChI is InChI=1S/C18H23ClN2O/c1-3-4-5-6-16(22)21-11-13(9-19)18-15(21)8-7-14-17(18)12(2)10-20-14/h7-8,10,13,20H,3-6,9,11H2,1-2H3/t13-/m1/s1. The zero-order chi connectivity index (χ0) is 15.7. The summed E-state index contributed by atoms with van der Waals surface area (Å²) in [5.74, 6) is 1.01. The number of aromatic amines is 1. The van der Waals surface area contributed by atoms with Crippen LogP contribution in [0, 0.1) is 6.92 Å². The van der Waals surface area contributed by atoms with Gasteiger partial charge in [0.1, 0.15) is 0 Å². The summed E-state index contributed by atoms with van der Waals surface area (Å²) in [6.07, 6.45) is 5.88. The van der Waals surface area contributed by atoms with Gasteiger partial charge < -0.3 is 9.88 Å². The maximum atomic E-state index is 12.6. The SMILES string of the molecule is CCCCCC(=O)N1C[C@@H](CCl)c2c1ccc1[nH]cc(C)c21. The quantitative estimate of drug-likeness (QED) is 0.628. The Kier molecular flexibility index (Phi) is 4.44. The van der Waals surface area contributed by atoms with Crippen molar-refractivity contribution in [3.8, 4) is 0 Å². The first-order valence-electron chi connectivity index (χ1n) is 8.14. The molecule has 0 saturated heterocycles. The lowest BCUT2D eigenvalue weighted by Crippen LogP contribution is -2.29. The van der Waals surface area contributed by atoms with Crippen molar-refractivity contribution in [1.29, 1.82) is 0 Å². The third kappa shape index (κ3) is 2.52. The van der Waals surface area contributed by atoms with E-state index in [1.165, 1.54) is 16.5 Å². The molecule has 1 aliphatic rings.